The molecule has 0 spiro atoms. The minimum absolute atomic E-state index is 0. The number of anilines is 2. The molecule has 3 aromatic heterocycles. The number of ether oxygens (including phenoxy) is 1. The number of halogens is 3. The van der Waals surface area contributed by atoms with E-state index in [1.54, 1.807) is 6.20 Å². The predicted octanol–water partition coefficient (Wildman–Crippen LogP) is 6.75. The van der Waals surface area contributed by atoms with Gasteiger partial charge in [0.15, 0.2) is 11.6 Å². The minimum atomic E-state index is 0. The Morgan fingerprint density at radius 2 is 1.74 bits per heavy atom. The van der Waals surface area contributed by atoms with Crippen molar-refractivity contribution >= 4 is 71.5 Å². The molecule has 4 aromatic rings. The topological polar surface area (TPSA) is 84.9 Å². The number of hydrogen-bond donors (Lipinski definition) is 2. The van der Waals surface area contributed by atoms with E-state index >= 15 is 0 Å². The zero-order valence-electron chi connectivity index (χ0n) is 18.5. The van der Waals surface area contributed by atoms with Crippen LogP contribution in [0.1, 0.15) is 24.6 Å². The highest BCUT2D eigenvalue weighted by Gasteiger charge is 2.20. The summed E-state index contributed by atoms with van der Waals surface area (Å²) >= 11 is 2.89. The first kappa shape index (κ1) is 29.1. The van der Waals surface area contributed by atoms with Gasteiger partial charge in [-0.05, 0) is 50.2 Å². The van der Waals surface area contributed by atoms with Crippen molar-refractivity contribution in [1.29, 1.82) is 0 Å². The number of piperidine rings is 1. The van der Waals surface area contributed by atoms with Crippen LogP contribution in [0.3, 0.4) is 0 Å². The van der Waals surface area contributed by atoms with Crippen molar-refractivity contribution in [3.05, 3.63) is 72.8 Å². The molecular weight excluding hydrogens is 547 g/mol. The van der Waals surface area contributed by atoms with Crippen LogP contribution in [0.2, 0.25) is 0 Å². The molecule has 4 heterocycles. The molecule has 7 nitrogen and oxygen atoms in total. The lowest BCUT2D eigenvalue weighted by Crippen LogP contribution is -2.27. The van der Waals surface area contributed by atoms with Crippen molar-refractivity contribution in [2.24, 2.45) is 0 Å². The van der Waals surface area contributed by atoms with Gasteiger partial charge in [0.2, 0.25) is 5.13 Å². The van der Waals surface area contributed by atoms with Crippen molar-refractivity contribution in [3.8, 4) is 11.5 Å². The fourth-order valence-electron chi connectivity index (χ4n) is 3.43. The molecule has 2 N–H and O–H groups in total. The second-order valence-electron chi connectivity index (χ2n) is 7.31. The van der Waals surface area contributed by atoms with Crippen molar-refractivity contribution in [2.45, 2.75) is 28.7 Å². The van der Waals surface area contributed by atoms with Crippen LogP contribution in [0, 0.1) is 0 Å². The fourth-order valence-corrected chi connectivity index (χ4v) is 4.85. The number of rotatable bonds is 7. The lowest BCUT2D eigenvalue weighted by Gasteiger charge is -2.19. The molecule has 0 radical (unpaired) electrons. The first-order chi connectivity index (χ1) is 15.8. The van der Waals surface area contributed by atoms with Crippen LogP contribution in [-0.4, -0.2) is 32.4 Å². The Morgan fingerprint density at radius 1 is 0.971 bits per heavy atom. The molecule has 1 fully saturated rings. The van der Waals surface area contributed by atoms with Crippen LogP contribution in [0.25, 0.3) is 0 Å². The van der Waals surface area contributed by atoms with E-state index in [0.29, 0.717) is 22.6 Å². The van der Waals surface area contributed by atoms with E-state index in [1.165, 1.54) is 23.3 Å². The molecule has 1 aliphatic rings. The maximum Gasteiger partial charge on any atom is 0.208 e. The predicted molar refractivity (Wildman–Crippen MR) is 149 cm³/mol. The van der Waals surface area contributed by atoms with Gasteiger partial charge < -0.3 is 15.4 Å². The van der Waals surface area contributed by atoms with Gasteiger partial charge in [0.25, 0.3) is 0 Å². The van der Waals surface area contributed by atoms with Gasteiger partial charge in [-0.2, -0.15) is 4.37 Å². The summed E-state index contributed by atoms with van der Waals surface area (Å²) < 4.78 is 10.8. The molecule has 0 atom stereocenters. The number of para-hydroxylation sites is 1. The molecule has 0 bridgehead atoms. The first-order valence-electron chi connectivity index (χ1n) is 10.5. The molecule has 0 saturated carbocycles. The van der Waals surface area contributed by atoms with E-state index in [-0.39, 0.29) is 37.2 Å². The van der Waals surface area contributed by atoms with Gasteiger partial charge in [-0.3, -0.25) is 0 Å². The summed E-state index contributed by atoms with van der Waals surface area (Å²) in [6.45, 7) is 2.03. The number of nitrogens with zero attached hydrogens (tertiary/aromatic N) is 4. The van der Waals surface area contributed by atoms with Gasteiger partial charge in [0, 0.05) is 40.8 Å². The summed E-state index contributed by atoms with van der Waals surface area (Å²) in [7, 11) is 0. The SMILES string of the molecule is Cl.Cl.Cl.c1ccc(Oc2cc(Sc3ccccn3)cnc2Nc2nc(C3CCNCC3)ns2)cc1. The average molecular weight is 572 g/mol. The second kappa shape index (κ2) is 14.4. The van der Waals surface area contributed by atoms with Crippen LogP contribution < -0.4 is 15.4 Å². The lowest BCUT2D eigenvalue weighted by atomic mass is 9.98. The summed E-state index contributed by atoms with van der Waals surface area (Å²) in [6, 6.07) is 17.5. The quantitative estimate of drug-likeness (QED) is 0.252. The van der Waals surface area contributed by atoms with Gasteiger partial charge in [0.1, 0.15) is 16.6 Å². The number of hydrogen-bond acceptors (Lipinski definition) is 9. The molecule has 35 heavy (non-hydrogen) atoms. The molecule has 0 aliphatic carbocycles. The highest BCUT2D eigenvalue weighted by molar-refractivity contribution is 7.99. The van der Waals surface area contributed by atoms with E-state index < -0.39 is 0 Å². The van der Waals surface area contributed by atoms with Crippen LogP contribution in [0.5, 0.6) is 11.5 Å². The van der Waals surface area contributed by atoms with Crippen molar-refractivity contribution in [3.63, 3.8) is 0 Å². The number of aromatic nitrogens is 4. The highest BCUT2D eigenvalue weighted by atomic mass is 35.5. The van der Waals surface area contributed by atoms with Gasteiger partial charge in [0.05, 0.1) is 0 Å². The fraction of sp³-hybridized carbons (Fsp3) is 0.217. The standard InChI is InChI=1S/C23H22N6OS2.3ClH/c1-2-6-17(7-3-1)30-19-14-18(31-20-8-4-5-11-25-20)15-26-22(19)28-23-27-21(29-32-23)16-9-12-24-13-10-16;;;/h1-8,11,14-16,24H,9-10,12-13H2,(H,26,27,28,29);3*1H. The van der Waals surface area contributed by atoms with Gasteiger partial charge in [-0.25, -0.2) is 15.0 Å². The number of benzene rings is 1. The summed E-state index contributed by atoms with van der Waals surface area (Å²) in [5.41, 5.74) is 0. The Kier molecular flexibility index (Phi) is 12.0. The molecule has 1 aromatic carbocycles. The van der Waals surface area contributed by atoms with E-state index in [1.807, 2.05) is 60.8 Å². The molecular formula is C23H25Cl3N6OS2. The summed E-state index contributed by atoms with van der Waals surface area (Å²) in [4.78, 5) is 14.7. The number of nitrogens with one attached hydrogen (secondary N) is 2. The zero-order chi connectivity index (χ0) is 21.6. The maximum absolute atomic E-state index is 6.17. The first-order valence-corrected chi connectivity index (χ1v) is 12.1. The van der Waals surface area contributed by atoms with E-state index in [2.05, 4.69) is 25.0 Å². The van der Waals surface area contributed by atoms with E-state index in [0.717, 1.165) is 47.4 Å². The Balaban J connectivity index is 0.00000144. The molecule has 186 valence electrons. The van der Waals surface area contributed by atoms with E-state index in [4.69, 9.17) is 9.72 Å². The van der Waals surface area contributed by atoms with Crippen LogP contribution in [0.15, 0.2) is 76.9 Å². The van der Waals surface area contributed by atoms with Crippen LogP contribution >= 0.6 is 60.5 Å². The third-order valence-electron chi connectivity index (χ3n) is 5.03. The molecule has 5 rings (SSSR count). The van der Waals surface area contributed by atoms with E-state index in [9.17, 15) is 0 Å². The van der Waals surface area contributed by atoms with Crippen molar-refractivity contribution < 1.29 is 4.74 Å². The smallest absolute Gasteiger partial charge is 0.208 e. The zero-order valence-corrected chi connectivity index (χ0v) is 22.6. The third-order valence-corrected chi connectivity index (χ3v) is 6.58. The Hall–Kier alpha value is -2.14. The lowest BCUT2D eigenvalue weighted by molar-refractivity contribution is 0.448. The summed E-state index contributed by atoms with van der Waals surface area (Å²) in [5, 5.41) is 8.31. The molecule has 0 amide bonds. The summed E-state index contributed by atoms with van der Waals surface area (Å²) in [5.74, 6) is 3.29. The maximum atomic E-state index is 6.17. The second-order valence-corrected chi connectivity index (χ2v) is 9.16. The molecule has 1 saturated heterocycles. The number of pyridine rings is 2. The largest absolute Gasteiger partial charge is 0.453 e. The normalized spacial score (nSPS) is 13.0. The monoisotopic (exact) mass is 570 g/mol. The molecule has 0 unspecified atom stereocenters. The molecule has 1 aliphatic heterocycles. The van der Waals surface area contributed by atoms with Crippen molar-refractivity contribution in [2.75, 3.05) is 18.4 Å². The van der Waals surface area contributed by atoms with Crippen molar-refractivity contribution in [1.82, 2.24) is 24.6 Å². The van der Waals surface area contributed by atoms with Gasteiger partial charge in [-0.15, -0.1) is 37.2 Å². The van der Waals surface area contributed by atoms with Gasteiger partial charge >= 0.3 is 0 Å². The highest BCUT2D eigenvalue weighted by Crippen LogP contribution is 2.36. The van der Waals surface area contributed by atoms with Crippen LogP contribution in [-0.2, 0) is 0 Å². The average Bonchev–Trinajstić information content (AvgIpc) is 3.31. The van der Waals surface area contributed by atoms with Gasteiger partial charge in [-0.1, -0.05) is 36.0 Å². The van der Waals surface area contributed by atoms with Crippen LogP contribution in [0.4, 0.5) is 10.9 Å². The third kappa shape index (κ3) is 7.93. The molecule has 12 heteroatoms. The Bertz CT molecular complexity index is 1160. The Morgan fingerprint density at radius 3 is 2.49 bits per heavy atom. The summed E-state index contributed by atoms with van der Waals surface area (Å²) in [6.07, 6.45) is 5.73. The minimum Gasteiger partial charge on any atom is -0.453 e. The Labute approximate surface area is 231 Å².